The number of unbranched alkanes of at least 4 members (excludes halogenated alkanes) is 1. The molecular weight excluding hydrogens is 478 g/mol. The molecule has 0 unspecified atom stereocenters. The molecule has 1 aromatic heterocycles. The molecule has 4 rings (SSSR count). The largest absolute Gasteiger partial charge is 0.511 e. The fourth-order valence-corrected chi connectivity index (χ4v) is 4.39. The molecule has 1 heterocycles. The van der Waals surface area contributed by atoms with Gasteiger partial charge >= 0.3 is 6.16 Å². The van der Waals surface area contributed by atoms with Crippen molar-refractivity contribution in [2.75, 3.05) is 5.32 Å². The fourth-order valence-electron chi connectivity index (χ4n) is 4.39. The van der Waals surface area contributed by atoms with Crippen molar-refractivity contribution in [1.82, 2.24) is 9.55 Å². The number of imidazole rings is 1. The van der Waals surface area contributed by atoms with E-state index in [-0.39, 0.29) is 5.91 Å². The van der Waals surface area contributed by atoms with Gasteiger partial charge < -0.3 is 19.7 Å². The van der Waals surface area contributed by atoms with E-state index in [1.54, 1.807) is 12.1 Å². The summed E-state index contributed by atoms with van der Waals surface area (Å²) in [5.74, 6) is 1.29. The van der Waals surface area contributed by atoms with Gasteiger partial charge in [0, 0.05) is 29.6 Å². The lowest BCUT2D eigenvalue weighted by molar-refractivity contribution is -0.123. The SMILES string of the molecule is CCCCc1nc2c(C)cc(NC(=O)C(C)(C)C)cc2n1Cc1ccc(-c2ccccc2OC(=O)O)cc1. The number of hydrogen-bond donors (Lipinski definition) is 2. The van der Waals surface area contributed by atoms with Gasteiger partial charge in [0.1, 0.15) is 11.6 Å². The molecule has 4 aromatic rings. The Kier molecular flexibility index (Phi) is 7.86. The molecule has 198 valence electrons. The second-order valence-corrected chi connectivity index (χ2v) is 10.6. The number of benzene rings is 3. The molecule has 0 aliphatic carbocycles. The van der Waals surface area contributed by atoms with E-state index in [0.29, 0.717) is 17.9 Å². The van der Waals surface area contributed by atoms with Gasteiger partial charge in [-0.3, -0.25) is 4.79 Å². The standard InChI is InChI=1S/C31H35N3O4/c1-6-7-12-27-33-28-20(2)17-23(32-29(35)31(3,4)5)18-25(28)34(27)19-21-13-15-22(16-14-21)24-10-8-9-11-26(24)38-30(36)37/h8-11,13-18H,6-7,12,19H2,1-5H3,(H,32,35)(H,36,37). The van der Waals surface area contributed by atoms with E-state index in [2.05, 4.69) is 16.8 Å². The van der Waals surface area contributed by atoms with Crippen molar-refractivity contribution in [3.63, 3.8) is 0 Å². The summed E-state index contributed by atoms with van der Waals surface area (Å²) >= 11 is 0. The zero-order valence-electron chi connectivity index (χ0n) is 22.7. The number of nitrogens with zero attached hydrogens (tertiary/aromatic N) is 2. The Bertz CT molecular complexity index is 1460. The van der Waals surface area contributed by atoms with Gasteiger partial charge in [-0.15, -0.1) is 0 Å². The van der Waals surface area contributed by atoms with Crippen LogP contribution in [0.5, 0.6) is 5.75 Å². The molecule has 0 radical (unpaired) electrons. The molecule has 1 amide bonds. The summed E-state index contributed by atoms with van der Waals surface area (Å²) in [6.07, 6.45) is 1.64. The summed E-state index contributed by atoms with van der Waals surface area (Å²) in [6.45, 7) is 10.5. The highest BCUT2D eigenvalue weighted by Gasteiger charge is 2.22. The number of aromatic nitrogens is 2. The van der Waals surface area contributed by atoms with Crippen LogP contribution < -0.4 is 10.1 Å². The molecule has 0 fully saturated rings. The van der Waals surface area contributed by atoms with Crippen LogP contribution in [0, 0.1) is 12.3 Å². The Labute approximate surface area is 223 Å². The van der Waals surface area contributed by atoms with Crippen LogP contribution in [0.3, 0.4) is 0 Å². The van der Waals surface area contributed by atoms with Crippen LogP contribution >= 0.6 is 0 Å². The third kappa shape index (κ3) is 6.05. The molecule has 0 aliphatic heterocycles. The van der Waals surface area contributed by atoms with Crippen molar-refractivity contribution in [1.29, 1.82) is 0 Å². The summed E-state index contributed by atoms with van der Waals surface area (Å²) in [7, 11) is 0. The van der Waals surface area contributed by atoms with Crippen molar-refractivity contribution in [3.8, 4) is 16.9 Å². The number of nitrogens with one attached hydrogen (secondary N) is 1. The number of fused-ring (bicyclic) bond motifs is 1. The van der Waals surface area contributed by atoms with Crippen molar-refractivity contribution < 1.29 is 19.4 Å². The third-order valence-electron chi connectivity index (χ3n) is 6.51. The summed E-state index contributed by atoms with van der Waals surface area (Å²) in [6, 6.07) is 19.1. The Morgan fingerprint density at radius 2 is 1.76 bits per heavy atom. The van der Waals surface area contributed by atoms with Crippen molar-refractivity contribution in [2.24, 2.45) is 5.41 Å². The lowest BCUT2D eigenvalue weighted by atomic mass is 9.95. The highest BCUT2D eigenvalue weighted by atomic mass is 16.7. The molecule has 7 heteroatoms. The average Bonchev–Trinajstić information content (AvgIpc) is 3.20. The molecule has 7 nitrogen and oxygen atoms in total. The van der Waals surface area contributed by atoms with E-state index in [1.807, 2.05) is 76.2 Å². The number of anilines is 1. The third-order valence-corrected chi connectivity index (χ3v) is 6.51. The molecular formula is C31H35N3O4. The van der Waals surface area contributed by atoms with Crippen LogP contribution in [-0.4, -0.2) is 26.7 Å². The lowest BCUT2D eigenvalue weighted by Gasteiger charge is -2.18. The topological polar surface area (TPSA) is 93.5 Å². The molecule has 0 atom stereocenters. The average molecular weight is 514 g/mol. The summed E-state index contributed by atoms with van der Waals surface area (Å²) < 4.78 is 7.20. The number of carbonyl (C=O) groups is 2. The number of ether oxygens (including phenoxy) is 1. The fraction of sp³-hybridized carbons (Fsp3) is 0.323. The first-order valence-corrected chi connectivity index (χ1v) is 13.0. The zero-order valence-corrected chi connectivity index (χ0v) is 22.7. The van der Waals surface area contributed by atoms with Crippen LogP contribution in [0.4, 0.5) is 10.5 Å². The maximum absolute atomic E-state index is 12.7. The molecule has 3 aromatic carbocycles. The number of para-hydroxylation sites is 1. The maximum atomic E-state index is 12.7. The van der Waals surface area contributed by atoms with Gasteiger partial charge in [-0.05, 0) is 48.2 Å². The Morgan fingerprint density at radius 3 is 2.42 bits per heavy atom. The summed E-state index contributed by atoms with van der Waals surface area (Å²) in [5.41, 5.74) is 5.90. The summed E-state index contributed by atoms with van der Waals surface area (Å²) in [4.78, 5) is 28.8. The number of hydrogen-bond acceptors (Lipinski definition) is 4. The highest BCUT2D eigenvalue weighted by Crippen LogP contribution is 2.31. The van der Waals surface area contributed by atoms with E-state index >= 15 is 0 Å². The van der Waals surface area contributed by atoms with Crippen LogP contribution in [-0.2, 0) is 17.8 Å². The normalized spacial score (nSPS) is 11.5. The number of amides is 1. The van der Waals surface area contributed by atoms with E-state index < -0.39 is 11.6 Å². The van der Waals surface area contributed by atoms with Crippen LogP contribution in [0.1, 0.15) is 57.5 Å². The van der Waals surface area contributed by atoms with Gasteiger partial charge in [-0.1, -0.05) is 76.6 Å². The minimum absolute atomic E-state index is 0.0312. The van der Waals surface area contributed by atoms with Crippen molar-refractivity contribution >= 4 is 28.8 Å². The number of carbonyl (C=O) groups excluding carboxylic acids is 1. The van der Waals surface area contributed by atoms with Gasteiger partial charge in [-0.25, -0.2) is 9.78 Å². The predicted octanol–water partition coefficient (Wildman–Crippen LogP) is 7.44. The molecule has 0 saturated carbocycles. The van der Waals surface area contributed by atoms with Gasteiger partial charge in [-0.2, -0.15) is 0 Å². The van der Waals surface area contributed by atoms with Crippen LogP contribution in [0.15, 0.2) is 60.7 Å². The maximum Gasteiger partial charge on any atom is 0.511 e. The first-order chi connectivity index (χ1) is 18.1. The second kappa shape index (κ2) is 11.1. The summed E-state index contributed by atoms with van der Waals surface area (Å²) in [5, 5.41) is 12.1. The van der Waals surface area contributed by atoms with Crippen LogP contribution in [0.2, 0.25) is 0 Å². The predicted molar refractivity (Wildman–Crippen MR) is 151 cm³/mol. The van der Waals surface area contributed by atoms with Gasteiger partial charge in [0.15, 0.2) is 0 Å². The van der Waals surface area contributed by atoms with Crippen LogP contribution in [0.25, 0.3) is 22.2 Å². The second-order valence-electron chi connectivity index (χ2n) is 10.6. The van der Waals surface area contributed by atoms with E-state index in [1.165, 1.54) is 0 Å². The first kappa shape index (κ1) is 26.9. The first-order valence-electron chi connectivity index (χ1n) is 13.0. The van der Waals surface area contributed by atoms with E-state index in [9.17, 15) is 9.59 Å². The quantitative estimate of drug-likeness (QED) is 0.189. The minimum Gasteiger partial charge on any atom is -0.449 e. The van der Waals surface area contributed by atoms with E-state index in [4.69, 9.17) is 14.8 Å². The smallest absolute Gasteiger partial charge is 0.449 e. The zero-order chi connectivity index (χ0) is 27.4. The van der Waals surface area contributed by atoms with Gasteiger partial charge in [0.05, 0.1) is 11.0 Å². The Morgan fingerprint density at radius 1 is 1.05 bits per heavy atom. The van der Waals surface area contributed by atoms with Crippen molar-refractivity contribution in [2.45, 2.75) is 60.4 Å². The van der Waals surface area contributed by atoms with Gasteiger partial charge in [0.25, 0.3) is 0 Å². The lowest BCUT2D eigenvalue weighted by Crippen LogP contribution is -2.27. The van der Waals surface area contributed by atoms with Gasteiger partial charge in [0.2, 0.25) is 5.91 Å². The molecule has 0 bridgehead atoms. The molecule has 2 N–H and O–H groups in total. The Hall–Kier alpha value is -4.13. The highest BCUT2D eigenvalue weighted by molar-refractivity contribution is 5.96. The number of aryl methyl sites for hydroxylation is 2. The molecule has 0 spiro atoms. The van der Waals surface area contributed by atoms with E-state index in [0.717, 1.165) is 58.5 Å². The van der Waals surface area contributed by atoms with Crippen molar-refractivity contribution in [3.05, 3.63) is 77.6 Å². The molecule has 0 aliphatic rings. The monoisotopic (exact) mass is 513 g/mol. The minimum atomic E-state index is -1.34. The molecule has 38 heavy (non-hydrogen) atoms. The Balaban J connectivity index is 1.70. The number of rotatable bonds is 8. The molecule has 0 saturated heterocycles. The number of carboxylic acid groups (broad SMARTS) is 1.